The van der Waals surface area contributed by atoms with E-state index in [1.54, 1.807) is 18.2 Å². The molecule has 0 saturated heterocycles. The van der Waals surface area contributed by atoms with Crippen molar-refractivity contribution in [3.63, 3.8) is 0 Å². The van der Waals surface area contributed by atoms with E-state index in [1.165, 1.54) is 0 Å². The van der Waals surface area contributed by atoms with Crippen LogP contribution in [-0.4, -0.2) is 30.3 Å². The molecule has 1 rings (SSSR count). The number of hydrogen-bond donors (Lipinski definition) is 3. The third kappa shape index (κ3) is 5.76. The van der Waals surface area contributed by atoms with Gasteiger partial charge in [-0.3, -0.25) is 4.79 Å². The summed E-state index contributed by atoms with van der Waals surface area (Å²) >= 11 is 0. The second kappa shape index (κ2) is 7.97. The third-order valence-corrected chi connectivity index (χ3v) is 2.22. The van der Waals surface area contributed by atoms with Gasteiger partial charge in [-0.15, -0.1) is 0 Å². The second-order valence-electron chi connectivity index (χ2n) is 3.87. The first-order valence-electron chi connectivity index (χ1n) is 6.12. The molecule has 0 fully saturated rings. The molecule has 1 aromatic rings. The van der Waals surface area contributed by atoms with Gasteiger partial charge in [0, 0.05) is 6.54 Å². The maximum atomic E-state index is 11.5. The maximum Gasteiger partial charge on any atom is 0.319 e. The highest BCUT2D eigenvalue weighted by Crippen LogP contribution is 2.23. The lowest BCUT2D eigenvalue weighted by atomic mass is 10.3. The van der Waals surface area contributed by atoms with E-state index in [0.29, 0.717) is 18.0 Å². The van der Waals surface area contributed by atoms with Crippen LogP contribution in [-0.2, 0) is 4.79 Å². The minimum Gasteiger partial charge on any atom is -0.491 e. The lowest BCUT2D eigenvalue weighted by molar-refractivity contribution is -0.136. The number of amides is 2. The Morgan fingerprint density at radius 2 is 2.05 bits per heavy atom. The van der Waals surface area contributed by atoms with Crippen LogP contribution in [0.5, 0.6) is 5.75 Å². The molecule has 104 valence electrons. The highest BCUT2D eigenvalue weighted by molar-refractivity contribution is 5.91. The molecule has 0 atom stereocenters. The van der Waals surface area contributed by atoms with Crippen LogP contribution in [0, 0.1) is 0 Å². The first-order valence-corrected chi connectivity index (χ1v) is 6.12. The molecular weight excluding hydrogens is 248 g/mol. The Kier molecular flexibility index (Phi) is 6.21. The Bertz CT molecular complexity index is 434. The number of hydrogen-bond acceptors (Lipinski definition) is 3. The van der Waals surface area contributed by atoms with Crippen LogP contribution in [0.25, 0.3) is 0 Å². The molecule has 6 heteroatoms. The Morgan fingerprint density at radius 1 is 1.32 bits per heavy atom. The average Bonchev–Trinajstić information content (AvgIpc) is 2.37. The first kappa shape index (κ1) is 14.8. The molecule has 0 bridgehead atoms. The number of carboxylic acids is 1. The fraction of sp³-hybridized carbons (Fsp3) is 0.385. The molecule has 0 aliphatic heterocycles. The zero-order chi connectivity index (χ0) is 14.1. The number of carbonyl (C=O) groups excluding carboxylic acids is 1. The summed E-state index contributed by atoms with van der Waals surface area (Å²) in [6, 6.07) is 6.64. The number of para-hydroxylation sites is 2. The predicted molar refractivity (Wildman–Crippen MR) is 71.5 cm³/mol. The molecule has 0 unspecified atom stereocenters. The van der Waals surface area contributed by atoms with E-state index in [4.69, 9.17) is 9.84 Å². The van der Waals surface area contributed by atoms with Crippen molar-refractivity contribution in [1.29, 1.82) is 0 Å². The predicted octanol–water partition coefficient (Wildman–Crippen LogP) is 2.07. The summed E-state index contributed by atoms with van der Waals surface area (Å²) in [7, 11) is 0. The topological polar surface area (TPSA) is 87.7 Å². The van der Waals surface area contributed by atoms with Gasteiger partial charge in [-0.2, -0.15) is 0 Å². The van der Waals surface area contributed by atoms with E-state index in [2.05, 4.69) is 10.6 Å². The summed E-state index contributed by atoms with van der Waals surface area (Å²) < 4.78 is 5.49. The van der Waals surface area contributed by atoms with Crippen molar-refractivity contribution in [3.8, 4) is 5.75 Å². The number of nitrogens with one attached hydrogen (secondary N) is 2. The highest BCUT2D eigenvalue weighted by Gasteiger charge is 2.07. The van der Waals surface area contributed by atoms with E-state index in [-0.39, 0.29) is 13.0 Å². The summed E-state index contributed by atoms with van der Waals surface area (Å²) in [6.07, 6.45) is 0.764. The molecule has 0 spiro atoms. The smallest absolute Gasteiger partial charge is 0.319 e. The average molecular weight is 266 g/mol. The number of urea groups is 1. The number of anilines is 1. The fourth-order valence-corrected chi connectivity index (χ4v) is 1.36. The molecule has 0 aliphatic rings. The Balaban J connectivity index is 2.51. The van der Waals surface area contributed by atoms with Gasteiger partial charge in [0.2, 0.25) is 0 Å². The molecule has 6 nitrogen and oxygen atoms in total. The van der Waals surface area contributed by atoms with Crippen molar-refractivity contribution in [3.05, 3.63) is 24.3 Å². The molecule has 1 aromatic carbocycles. The van der Waals surface area contributed by atoms with E-state index < -0.39 is 12.0 Å². The summed E-state index contributed by atoms with van der Waals surface area (Å²) in [5.74, 6) is -0.357. The van der Waals surface area contributed by atoms with Crippen LogP contribution in [0.15, 0.2) is 24.3 Å². The number of aliphatic carboxylic acids is 1. The Hall–Kier alpha value is -2.24. The lowest BCUT2D eigenvalue weighted by Crippen LogP contribution is -2.30. The van der Waals surface area contributed by atoms with Gasteiger partial charge in [0.1, 0.15) is 5.75 Å². The van der Waals surface area contributed by atoms with Crippen molar-refractivity contribution >= 4 is 17.7 Å². The van der Waals surface area contributed by atoms with Gasteiger partial charge in [-0.25, -0.2) is 4.79 Å². The minimum atomic E-state index is -0.952. The first-order chi connectivity index (χ1) is 9.13. The molecule has 0 radical (unpaired) electrons. The monoisotopic (exact) mass is 266 g/mol. The van der Waals surface area contributed by atoms with E-state index in [0.717, 1.165) is 6.42 Å². The Morgan fingerprint density at radius 3 is 2.74 bits per heavy atom. The fourth-order valence-electron chi connectivity index (χ4n) is 1.36. The molecule has 0 aromatic heterocycles. The second-order valence-corrected chi connectivity index (χ2v) is 3.87. The van der Waals surface area contributed by atoms with E-state index in [1.807, 2.05) is 13.0 Å². The SMILES string of the molecule is CCCOc1ccccc1NC(=O)NCCC(=O)O. The van der Waals surface area contributed by atoms with Crippen LogP contribution in [0.3, 0.4) is 0 Å². The van der Waals surface area contributed by atoms with Crippen LogP contribution < -0.4 is 15.4 Å². The van der Waals surface area contributed by atoms with E-state index in [9.17, 15) is 9.59 Å². The van der Waals surface area contributed by atoms with E-state index >= 15 is 0 Å². The molecule has 3 N–H and O–H groups in total. The van der Waals surface area contributed by atoms with Crippen LogP contribution in [0.2, 0.25) is 0 Å². The molecule has 0 heterocycles. The summed E-state index contributed by atoms with van der Waals surface area (Å²) in [5, 5.41) is 13.6. The van der Waals surface area contributed by atoms with Gasteiger partial charge in [-0.05, 0) is 18.6 Å². The summed E-state index contributed by atoms with van der Waals surface area (Å²) in [4.78, 5) is 21.9. The van der Waals surface area contributed by atoms with Gasteiger partial charge in [-0.1, -0.05) is 19.1 Å². The van der Waals surface area contributed by atoms with Gasteiger partial charge in [0.15, 0.2) is 0 Å². The highest BCUT2D eigenvalue weighted by atomic mass is 16.5. The summed E-state index contributed by atoms with van der Waals surface area (Å²) in [6.45, 7) is 2.65. The molecule has 19 heavy (non-hydrogen) atoms. The van der Waals surface area contributed by atoms with Gasteiger partial charge in [0.25, 0.3) is 0 Å². The molecule has 0 aliphatic carbocycles. The third-order valence-electron chi connectivity index (χ3n) is 2.22. The van der Waals surface area contributed by atoms with Gasteiger partial charge in [0.05, 0.1) is 18.7 Å². The zero-order valence-electron chi connectivity index (χ0n) is 10.8. The van der Waals surface area contributed by atoms with Crippen LogP contribution in [0.1, 0.15) is 19.8 Å². The van der Waals surface area contributed by atoms with Gasteiger partial charge >= 0.3 is 12.0 Å². The molecule has 0 saturated carbocycles. The van der Waals surface area contributed by atoms with Crippen LogP contribution >= 0.6 is 0 Å². The summed E-state index contributed by atoms with van der Waals surface area (Å²) in [5.41, 5.74) is 0.559. The number of ether oxygens (including phenoxy) is 1. The largest absolute Gasteiger partial charge is 0.491 e. The number of carbonyl (C=O) groups is 2. The standard InChI is InChI=1S/C13H18N2O4/c1-2-9-19-11-6-4-3-5-10(11)15-13(18)14-8-7-12(16)17/h3-6H,2,7-9H2,1H3,(H,16,17)(H2,14,15,18). The zero-order valence-corrected chi connectivity index (χ0v) is 10.8. The van der Waals surface area contributed by atoms with Crippen molar-refractivity contribution in [1.82, 2.24) is 5.32 Å². The van der Waals surface area contributed by atoms with Crippen molar-refractivity contribution in [2.45, 2.75) is 19.8 Å². The van der Waals surface area contributed by atoms with Crippen molar-refractivity contribution in [2.75, 3.05) is 18.5 Å². The quantitative estimate of drug-likeness (QED) is 0.705. The lowest BCUT2D eigenvalue weighted by Gasteiger charge is -2.12. The normalized spacial score (nSPS) is 9.74. The number of rotatable bonds is 7. The van der Waals surface area contributed by atoms with Crippen LogP contribution in [0.4, 0.5) is 10.5 Å². The Labute approximate surface area is 111 Å². The minimum absolute atomic E-state index is 0.0825. The molecule has 2 amide bonds. The molecular formula is C13H18N2O4. The number of carboxylic acid groups (broad SMARTS) is 1. The maximum absolute atomic E-state index is 11.5. The number of benzene rings is 1. The van der Waals surface area contributed by atoms with Gasteiger partial charge < -0.3 is 20.5 Å². The van der Waals surface area contributed by atoms with Crippen molar-refractivity contribution < 1.29 is 19.4 Å². The van der Waals surface area contributed by atoms with Crippen molar-refractivity contribution in [2.24, 2.45) is 0 Å².